The van der Waals surface area contributed by atoms with Crippen LogP contribution in [-0.2, 0) is 12.8 Å². The molecule has 19 heavy (non-hydrogen) atoms. The van der Waals surface area contributed by atoms with Crippen molar-refractivity contribution >= 4 is 0 Å². The van der Waals surface area contributed by atoms with E-state index in [9.17, 15) is 4.79 Å². The van der Waals surface area contributed by atoms with Gasteiger partial charge in [-0.15, -0.1) is 0 Å². The minimum Gasteiger partial charge on any atom is -0.328 e. The fraction of sp³-hybridized carbons (Fsp3) is 0.357. The van der Waals surface area contributed by atoms with Crippen molar-refractivity contribution < 1.29 is 0 Å². The number of nitrogens with two attached hydrogens (primary N) is 1. The van der Waals surface area contributed by atoms with Gasteiger partial charge in [-0.1, -0.05) is 0 Å². The van der Waals surface area contributed by atoms with Crippen molar-refractivity contribution in [3.63, 3.8) is 0 Å². The Kier molecular flexibility index (Phi) is 3.13. The average molecular weight is 256 g/mol. The smallest absolute Gasteiger partial charge is 0.254 e. The lowest BCUT2D eigenvalue weighted by Crippen LogP contribution is -2.20. The van der Waals surface area contributed by atoms with Crippen LogP contribution in [0.3, 0.4) is 0 Å². The van der Waals surface area contributed by atoms with Gasteiger partial charge >= 0.3 is 0 Å². The molecule has 1 aliphatic carbocycles. The Labute approximate surface area is 110 Å². The van der Waals surface area contributed by atoms with Gasteiger partial charge in [0.1, 0.15) is 5.82 Å². The van der Waals surface area contributed by atoms with Crippen LogP contribution in [0.25, 0.3) is 11.4 Å². The number of pyridine rings is 1. The van der Waals surface area contributed by atoms with Gasteiger partial charge in [0.05, 0.1) is 5.69 Å². The summed E-state index contributed by atoms with van der Waals surface area (Å²) in [5.74, 6) is 0.613. The fourth-order valence-corrected chi connectivity index (χ4v) is 2.45. The number of nitrogens with one attached hydrogen (secondary N) is 1. The number of fused-ring (bicyclic) bond motifs is 1. The second kappa shape index (κ2) is 4.93. The van der Waals surface area contributed by atoms with E-state index < -0.39 is 0 Å². The Morgan fingerprint density at radius 3 is 2.74 bits per heavy atom. The van der Waals surface area contributed by atoms with Crippen molar-refractivity contribution in [2.45, 2.75) is 31.7 Å². The molecule has 3 rings (SSSR count). The van der Waals surface area contributed by atoms with Gasteiger partial charge in [0.15, 0.2) is 0 Å². The standard InChI is InChI=1S/C14H16N4O/c15-10-1-3-11-12(4-2-10)17-13(18-14(11)19)9-5-7-16-8-6-9/h5-8,10H,1-4,15H2,(H,17,18,19). The van der Waals surface area contributed by atoms with Crippen LogP contribution in [0.5, 0.6) is 0 Å². The molecule has 0 radical (unpaired) electrons. The Hall–Kier alpha value is -2.01. The van der Waals surface area contributed by atoms with Crippen molar-refractivity contribution in [3.05, 3.63) is 46.1 Å². The van der Waals surface area contributed by atoms with E-state index in [0.717, 1.165) is 42.5 Å². The molecule has 98 valence electrons. The minimum absolute atomic E-state index is 0.0362. The zero-order valence-electron chi connectivity index (χ0n) is 10.6. The number of hydrogen-bond acceptors (Lipinski definition) is 4. The van der Waals surface area contributed by atoms with Crippen LogP contribution < -0.4 is 11.3 Å². The molecule has 0 amide bonds. The topological polar surface area (TPSA) is 84.7 Å². The normalized spacial score (nSPS) is 18.7. The fourth-order valence-electron chi connectivity index (χ4n) is 2.45. The van der Waals surface area contributed by atoms with Crippen molar-refractivity contribution in [1.82, 2.24) is 15.0 Å². The van der Waals surface area contributed by atoms with E-state index in [1.807, 2.05) is 12.1 Å². The Morgan fingerprint density at radius 2 is 1.95 bits per heavy atom. The molecule has 2 heterocycles. The van der Waals surface area contributed by atoms with Gasteiger partial charge in [-0.05, 0) is 37.8 Å². The van der Waals surface area contributed by atoms with Gasteiger partial charge in [0.2, 0.25) is 0 Å². The molecule has 2 aromatic rings. The minimum atomic E-state index is -0.0362. The van der Waals surface area contributed by atoms with Crippen LogP contribution in [0.1, 0.15) is 24.1 Å². The largest absolute Gasteiger partial charge is 0.328 e. The number of aromatic nitrogens is 3. The van der Waals surface area contributed by atoms with Crippen molar-refractivity contribution in [2.24, 2.45) is 5.73 Å². The summed E-state index contributed by atoms with van der Waals surface area (Å²) in [5.41, 5.74) is 8.50. The predicted octanol–water partition coefficient (Wildman–Crippen LogP) is 1.04. The maximum absolute atomic E-state index is 12.2. The second-order valence-corrected chi connectivity index (χ2v) is 4.91. The van der Waals surface area contributed by atoms with Crippen LogP contribution in [0.15, 0.2) is 29.3 Å². The molecule has 0 aromatic carbocycles. The highest BCUT2D eigenvalue weighted by molar-refractivity contribution is 5.53. The highest BCUT2D eigenvalue weighted by atomic mass is 16.1. The van der Waals surface area contributed by atoms with E-state index in [2.05, 4.69) is 15.0 Å². The molecule has 0 aliphatic heterocycles. The maximum atomic E-state index is 12.2. The first-order chi connectivity index (χ1) is 9.24. The summed E-state index contributed by atoms with van der Waals surface area (Å²) in [5, 5.41) is 0. The molecule has 1 atom stereocenters. The van der Waals surface area contributed by atoms with Crippen LogP contribution in [0.4, 0.5) is 0 Å². The maximum Gasteiger partial charge on any atom is 0.254 e. The molecule has 1 aliphatic rings. The lowest BCUT2D eigenvalue weighted by molar-refractivity contribution is 0.588. The number of aryl methyl sites for hydroxylation is 1. The molecular formula is C14H16N4O. The third kappa shape index (κ3) is 2.42. The number of hydrogen-bond donors (Lipinski definition) is 2. The molecule has 0 fully saturated rings. The summed E-state index contributed by atoms with van der Waals surface area (Å²) in [7, 11) is 0. The quantitative estimate of drug-likeness (QED) is 0.746. The van der Waals surface area contributed by atoms with E-state index in [0.29, 0.717) is 5.82 Å². The first-order valence-electron chi connectivity index (χ1n) is 6.52. The monoisotopic (exact) mass is 256 g/mol. The number of nitrogens with zero attached hydrogens (tertiary/aromatic N) is 2. The third-order valence-electron chi connectivity index (χ3n) is 3.57. The van der Waals surface area contributed by atoms with E-state index >= 15 is 0 Å². The zero-order chi connectivity index (χ0) is 13.2. The highest BCUT2D eigenvalue weighted by Crippen LogP contribution is 2.18. The van der Waals surface area contributed by atoms with Gasteiger partial charge in [-0.2, -0.15) is 0 Å². The first-order valence-corrected chi connectivity index (χ1v) is 6.52. The van der Waals surface area contributed by atoms with Crippen LogP contribution in [0, 0.1) is 0 Å². The Morgan fingerprint density at radius 1 is 1.21 bits per heavy atom. The summed E-state index contributed by atoms with van der Waals surface area (Å²) in [6.45, 7) is 0. The van der Waals surface area contributed by atoms with Crippen LogP contribution in [0.2, 0.25) is 0 Å². The average Bonchev–Trinajstić information content (AvgIpc) is 2.62. The van der Waals surface area contributed by atoms with Gasteiger partial charge in [0, 0.05) is 29.6 Å². The molecule has 0 saturated heterocycles. The summed E-state index contributed by atoms with van der Waals surface area (Å²) >= 11 is 0. The van der Waals surface area contributed by atoms with Crippen molar-refractivity contribution in [2.75, 3.05) is 0 Å². The van der Waals surface area contributed by atoms with Gasteiger partial charge in [-0.25, -0.2) is 4.98 Å². The van der Waals surface area contributed by atoms with Gasteiger partial charge in [0.25, 0.3) is 5.56 Å². The molecule has 2 aromatic heterocycles. The molecule has 5 nitrogen and oxygen atoms in total. The first kappa shape index (κ1) is 12.0. The molecule has 5 heteroatoms. The Bertz CT molecular complexity index is 636. The van der Waals surface area contributed by atoms with E-state index in [-0.39, 0.29) is 11.6 Å². The number of H-pyrrole nitrogens is 1. The number of rotatable bonds is 1. The zero-order valence-corrected chi connectivity index (χ0v) is 10.6. The van der Waals surface area contributed by atoms with E-state index in [1.54, 1.807) is 12.4 Å². The number of aromatic amines is 1. The lowest BCUT2D eigenvalue weighted by atomic mass is 10.1. The van der Waals surface area contributed by atoms with E-state index in [4.69, 9.17) is 5.73 Å². The second-order valence-electron chi connectivity index (χ2n) is 4.91. The predicted molar refractivity (Wildman–Crippen MR) is 72.7 cm³/mol. The lowest BCUT2D eigenvalue weighted by Gasteiger charge is -2.07. The van der Waals surface area contributed by atoms with Crippen molar-refractivity contribution in [3.8, 4) is 11.4 Å². The van der Waals surface area contributed by atoms with Crippen molar-refractivity contribution in [1.29, 1.82) is 0 Å². The summed E-state index contributed by atoms with van der Waals surface area (Å²) in [4.78, 5) is 23.6. The molecule has 0 saturated carbocycles. The molecular weight excluding hydrogens is 240 g/mol. The van der Waals surface area contributed by atoms with Gasteiger partial charge < -0.3 is 10.7 Å². The summed E-state index contributed by atoms with van der Waals surface area (Å²) in [6.07, 6.45) is 6.62. The molecule has 0 spiro atoms. The van der Waals surface area contributed by atoms with Crippen LogP contribution in [-0.4, -0.2) is 21.0 Å². The van der Waals surface area contributed by atoms with Gasteiger partial charge in [-0.3, -0.25) is 9.78 Å². The highest BCUT2D eigenvalue weighted by Gasteiger charge is 2.18. The third-order valence-corrected chi connectivity index (χ3v) is 3.57. The molecule has 1 unspecified atom stereocenters. The van der Waals surface area contributed by atoms with Crippen LogP contribution >= 0.6 is 0 Å². The summed E-state index contributed by atoms with van der Waals surface area (Å²) < 4.78 is 0. The summed E-state index contributed by atoms with van der Waals surface area (Å²) in [6, 6.07) is 3.85. The molecule has 0 bridgehead atoms. The Balaban J connectivity index is 2.07. The SMILES string of the molecule is NC1CCc2nc(-c3ccncc3)[nH]c(=O)c2CC1. The molecule has 3 N–H and O–H groups in total. The van der Waals surface area contributed by atoms with E-state index in [1.165, 1.54) is 0 Å².